The van der Waals surface area contributed by atoms with Crippen LogP contribution in [0.4, 0.5) is 10.5 Å². The van der Waals surface area contributed by atoms with Gasteiger partial charge < -0.3 is 20.7 Å². The largest absolute Gasteiger partial charge is 0.491 e. The van der Waals surface area contributed by atoms with Crippen LogP contribution in [0.3, 0.4) is 0 Å². The molecule has 0 aliphatic carbocycles. The van der Waals surface area contributed by atoms with E-state index >= 15 is 0 Å². The lowest BCUT2D eigenvalue weighted by molar-refractivity contribution is -0.119. The van der Waals surface area contributed by atoms with Crippen LogP contribution >= 0.6 is 0 Å². The van der Waals surface area contributed by atoms with Gasteiger partial charge in [0.25, 0.3) is 0 Å². The molecule has 0 aromatic heterocycles. The minimum Gasteiger partial charge on any atom is -0.491 e. The first-order chi connectivity index (χ1) is 9.94. The average Bonchev–Trinajstić information content (AvgIpc) is 2.77. The zero-order chi connectivity index (χ0) is 15.4. The Kier molecular flexibility index (Phi) is 4.67. The van der Waals surface area contributed by atoms with Crippen molar-refractivity contribution in [2.75, 3.05) is 11.9 Å². The van der Waals surface area contributed by atoms with Gasteiger partial charge in [0.05, 0.1) is 12.1 Å². The third kappa shape index (κ3) is 4.37. The van der Waals surface area contributed by atoms with Crippen LogP contribution in [0, 0.1) is 6.92 Å². The van der Waals surface area contributed by atoms with Gasteiger partial charge in [0.1, 0.15) is 5.75 Å². The minimum atomic E-state index is -0.312. The maximum absolute atomic E-state index is 11.9. The number of carbonyl (C=O) groups is 2. The highest BCUT2D eigenvalue weighted by atomic mass is 16.5. The van der Waals surface area contributed by atoms with Gasteiger partial charge >= 0.3 is 6.03 Å². The van der Waals surface area contributed by atoms with Crippen LogP contribution in [-0.2, 0) is 4.79 Å². The van der Waals surface area contributed by atoms with E-state index in [1.807, 2.05) is 32.9 Å². The molecule has 3 amide bonds. The van der Waals surface area contributed by atoms with Gasteiger partial charge in [0.15, 0.2) is 0 Å². The molecule has 1 aromatic rings. The Balaban J connectivity index is 1.91. The van der Waals surface area contributed by atoms with Gasteiger partial charge in [-0.25, -0.2) is 4.79 Å². The summed E-state index contributed by atoms with van der Waals surface area (Å²) in [5, 5.41) is 8.20. The van der Waals surface area contributed by atoms with E-state index in [-0.39, 0.29) is 24.1 Å². The van der Waals surface area contributed by atoms with Crippen molar-refractivity contribution in [2.24, 2.45) is 0 Å². The highest BCUT2D eigenvalue weighted by molar-refractivity contribution is 5.90. The summed E-state index contributed by atoms with van der Waals surface area (Å²) in [5.74, 6) is 0.771. The van der Waals surface area contributed by atoms with Crippen LogP contribution in [0.2, 0.25) is 0 Å². The standard InChI is InChI=1S/C15H21N3O3/c1-9(2)21-13-5-4-11(6-10(13)3)17-15(20)18-12-7-14(19)16-8-12/h4-6,9,12H,7-8H2,1-3H3,(H,16,19)(H2,17,18,20). The van der Waals surface area contributed by atoms with Gasteiger partial charge in [-0.1, -0.05) is 0 Å². The predicted octanol–water partition coefficient (Wildman–Crippen LogP) is 1.79. The van der Waals surface area contributed by atoms with Crippen LogP contribution in [0.15, 0.2) is 18.2 Å². The van der Waals surface area contributed by atoms with E-state index in [1.54, 1.807) is 6.07 Å². The first kappa shape index (κ1) is 15.2. The molecule has 0 saturated carbocycles. The SMILES string of the molecule is Cc1cc(NC(=O)NC2CNC(=O)C2)ccc1OC(C)C. The van der Waals surface area contributed by atoms with Crippen LogP contribution < -0.4 is 20.7 Å². The maximum atomic E-state index is 11.9. The molecule has 6 heteroatoms. The molecule has 1 unspecified atom stereocenters. The number of aryl methyl sites for hydroxylation is 1. The molecule has 0 radical (unpaired) electrons. The molecule has 1 aromatic carbocycles. The van der Waals surface area contributed by atoms with Crippen molar-refractivity contribution in [1.29, 1.82) is 0 Å². The molecule has 2 rings (SSSR count). The Hall–Kier alpha value is -2.24. The summed E-state index contributed by atoms with van der Waals surface area (Å²) in [6.07, 6.45) is 0.436. The molecule has 0 spiro atoms. The number of rotatable bonds is 4. The second kappa shape index (κ2) is 6.47. The summed E-state index contributed by atoms with van der Waals surface area (Å²) in [5.41, 5.74) is 1.65. The zero-order valence-electron chi connectivity index (χ0n) is 12.5. The molecule has 114 valence electrons. The van der Waals surface area contributed by atoms with Crippen LogP contribution in [0.25, 0.3) is 0 Å². The molecule has 6 nitrogen and oxygen atoms in total. The van der Waals surface area contributed by atoms with Crippen molar-refractivity contribution in [2.45, 2.75) is 39.3 Å². The lowest BCUT2D eigenvalue weighted by Gasteiger charge is -2.15. The smallest absolute Gasteiger partial charge is 0.319 e. The Morgan fingerprint density at radius 1 is 1.43 bits per heavy atom. The average molecular weight is 291 g/mol. The van der Waals surface area contributed by atoms with Crippen molar-refractivity contribution in [3.63, 3.8) is 0 Å². The molecular weight excluding hydrogens is 270 g/mol. The lowest BCUT2D eigenvalue weighted by Crippen LogP contribution is -2.39. The van der Waals surface area contributed by atoms with Gasteiger partial charge in [-0.2, -0.15) is 0 Å². The Morgan fingerprint density at radius 3 is 2.76 bits per heavy atom. The highest BCUT2D eigenvalue weighted by Gasteiger charge is 2.22. The fourth-order valence-electron chi connectivity index (χ4n) is 2.17. The quantitative estimate of drug-likeness (QED) is 0.791. The number of urea groups is 1. The zero-order valence-corrected chi connectivity index (χ0v) is 12.5. The number of anilines is 1. The van der Waals surface area contributed by atoms with Gasteiger partial charge in [-0.15, -0.1) is 0 Å². The lowest BCUT2D eigenvalue weighted by atomic mass is 10.2. The van der Waals surface area contributed by atoms with E-state index < -0.39 is 0 Å². The number of ether oxygens (including phenoxy) is 1. The fourth-order valence-corrected chi connectivity index (χ4v) is 2.17. The van der Waals surface area contributed by atoms with Crippen LogP contribution in [0.1, 0.15) is 25.8 Å². The third-order valence-electron chi connectivity index (χ3n) is 3.11. The third-order valence-corrected chi connectivity index (χ3v) is 3.11. The first-order valence-corrected chi connectivity index (χ1v) is 7.05. The summed E-state index contributed by atoms with van der Waals surface area (Å²) in [7, 11) is 0. The summed E-state index contributed by atoms with van der Waals surface area (Å²) < 4.78 is 5.65. The van der Waals surface area contributed by atoms with Crippen molar-refractivity contribution in [1.82, 2.24) is 10.6 Å². The molecule has 1 atom stereocenters. The van der Waals surface area contributed by atoms with Crippen molar-refractivity contribution >= 4 is 17.6 Å². The summed E-state index contributed by atoms with van der Waals surface area (Å²) >= 11 is 0. The molecule has 1 fully saturated rings. The van der Waals surface area contributed by atoms with Gasteiger partial charge in [-0.05, 0) is 44.5 Å². The molecule has 1 aliphatic rings. The van der Waals surface area contributed by atoms with Gasteiger partial charge in [-0.3, -0.25) is 4.79 Å². The first-order valence-electron chi connectivity index (χ1n) is 7.05. The van der Waals surface area contributed by atoms with Crippen LogP contribution in [0.5, 0.6) is 5.75 Å². The molecule has 1 heterocycles. The van der Waals surface area contributed by atoms with Gasteiger partial charge in [0.2, 0.25) is 5.91 Å². The monoisotopic (exact) mass is 291 g/mol. The normalized spacial score (nSPS) is 17.5. The van der Waals surface area contributed by atoms with E-state index in [0.29, 0.717) is 18.7 Å². The van der Waals surface area contributed by atoms with E-state index in [4.69, 9.17) is 4.74 Å². The van der Waals surface area contributed by atoms with E-state index in [0.717, 1.165) is 11.3 Å². The molecular formula is C15H21N3O3. The van der Waals surface area contributed by atoms with Crippen molar-refractivity contribution in [3.8, 4) is 5.75 Å². The van der Waals surface area contributed by atoms with Crippen molar-refractivity contribution in [3.05, 3.63) is 23.8 Å². The topological polar surface area (TPSA) is 79.5 Å². The number of nitrogens with one attached hydrogen (secondary N) is 3. The number of amides is 3. The fraction of sp³-hybridized carbons (Fsp3) is 0.467. The Labute approximate surface area is 124 Å². The summed E-state index contributed by atoms with van der Waals surface area (Å²) in [6, 6.07) is 5.03. The van der Waals surface area contributed by atoms with Crippen LogP contribution in [-0.4, -0.2) is 30.6 Å². The number of benzene rings is 1. The van der Waals surface area contributed by atoms with E-state index in [1.165, 1.54) is 0 Å². The molecule has 1 aliphatic heterocycles. The summed E-state index contributed by atoms with van der Waals surface area (Å²) in [4.78, 5) is 22.9. The molecule has 21 heavy (non-hydrogen) atoms. The maximum Gasteiger partial charge on any atom is 0.319 e. The van der Waals surface area contributed by atoms with Crippen molar-refractivity contribution < 1.29 is 14.3 Å². The molecule has 0 bridgehead atoms. The summed E-state index contributed by atoms with van der Waals surface area (Å²) in [6.45, 7) is 6.35. The number of hydrogen-bond acceptors (Lipinski definition) is 3. The van der Waals surface area contributed by atoms with Gasteiger partial charge in [0, 0.05) is 18.7 Å². The second-order valence-electron chi connectivity index (χ2n) is 5.45. The molecule has 3 N–H and O–H groups in total. The van der Waals surface area contributed by atoms with E-state index in [9.17, 15) is 9.59 Å². The highest BCUT2D eigenvalue weighted by Crippen LogP contribution is 2.22. The second-order valence-corrected chi connectivity index (χ2v) is 5.45. The van der Waals surface area contributed by atoms with E-state index in [2.05, 4.69) is 16.0 Å². The molecule has 1 saturated heterocycles. The Morgan fingerprint density at radius 2 is 2.19 bits per heavy atom. The predicted molar refractivity (Wildman–Crippen MR) is 80.5 cm³/mol. The number of carbonyl (C=O) groups excluding carboxylic acids is 2. The Bertz CT molecular complexity index is 543. The number of hydrogen-bond donors (Lipinski definition) is 3. The minimum absolute atomic E-state index is 0.0358.